The fourth-order valence-corrected chi connectivity index (χ4v) is 2.32. The van der Waals surface area contributed by atoms with Gasteiger partial charge in [-0.3, -0.25) is 5.41 Å². The molecule has 0 aromatic carbocycles. The fourth-order valence-electron chi connectivity index (χ4n) is 2.32. The molecular formula is C13H24N2O2. The van der Waals surface area contributed by atoms with Gasteiger partial charge in [-0.25, -0.2) is 0 Å². The van der Waals surface area contributed by atoms with E-state index in [2.05, 4.69) is 5.32 Å². The lowest BCUT2D eigenvalue weighted by atomic mass is 9.82. The Hall–Kier alpha value is -1.19. The first-order chi connectivity index (χ1) is 8.17. The van der Waals surface area contributed by atoms with Crippen LogP contribution in [0.15, 0.2) is 12.0 Å². The van der Waals surface area contributed by atoms with E-state index in [9.17, 15) is 0 Å². The van der Waals surface area contributed by atoms with Gasteiger partial charge >= 0.3 is 0 Å². The van der Waals surface area contributed by atoms with Crippen LogP contribution in [-0.4, -0.2) is 26.7 Å². The van der Waals surface area contributed by atoms with Crippen molar-refractivity contribution >= 4 is 5.90 Å². The Bertz CT molecular complexity index is 269. The van der Waals surface area contributed by atoms with E-state index in [0.29, 0.717) is 17.7 Å². The maximum atomic E-state index is 7.66. The van der Waals surface area contributed by atoms with Gasteiger partial charge in [0.25, 0.3) is 0 Å². The van der Waals surface area contributed by atoms with Gasteiger partial charge in [0.15, 0.2) is 5.90 Å². The first-order valence-electron chi connectivity index (χ1n) is 6.23. The van der Waals surface area contributed by atoms with Gasteiger partial charge in [-0.15, -0.1) is 0 Å². The predicted octanol–water partition coefficient (Wildman–Crippen LogP) is 2.51. The Labute approximate surface area is 104 Å². The van der Waals surface area contributed by atoms with Crippen LogP contribution in [0.5, 0.6) is 0 Å². The molecule has 0 spiro atoms. The molecule has 1 rings (SSSR count). The largest absolute Gasteiger partial charge is 0.503 e. The average molecular weight is 240 g/mol. The smallest absolute Gasteiger partial charge is 0.183 e. The summed E-state index contributed by atoms with van der Waals surface area (Å²) in [5.74, 6) is 1.50. The summed E-state index contributed by atoms with van der Waals surface area (Å²) >= 11 is 0. The number of hydrogen-bond donors (Lipinski definition) is 2. The molecule has 0 radical (unpaired) electrons. The van der Waals surface area contributed by atoms with Crippen molar-refractivity contribution in [3.63, 3.8) is 0 Å². The highest BCUT2D eigenvalue weighted by Crippen LogP contribution is 2.29. The Balaban J connectivity index is 2.23. The van der Waals surface area contributed by atoms with Crippen molar-refractivity contribution < 1.29 is 9.47 Å². The van der Waals surface area contributed by atoms with Gasteiger partial charge in [0, 0.05) is 18.2 Å². The third-order valence-electron chi connectivity index (χ3n) is 3.40. The second kappa shape index (κ2) is 7.20. The van der Waals surface area contributed by atoms with Crippen molar-refractivity contribution in [1.29, 1.82) is 5.41 Å². The molecule has 0 aliphatic heterocycles. The van der Waals surface area contributed by atoms with Gasteiger partial charge in [-0.2, -0.15) is 0 Å². The summed E-state index contributed by atoms with van der Waals surface area (Å²) < 4.78 is 9.93. The van der Waals surface area contributed by atoms with Gasteiger partial charge in [0.2, 0.25) is 0 Å². The summed E-state index contributed by atoms with van der Waals surface area (Å²) in [4.78, 5) is 0. The van der Waals surface area contributed by atoms with Crippen LogP contribution in [0.2, 0.25) is 0 Å². The second-order valence-corrected chi connectivity index (χ2v) is 4.70. The van der Waals surface area contributed by atoms with Crippen molar-refractivity contribution in [3.05, 3.63) is 12.0 Å². The van der Waals surface area contributed by atoms with Crippen LogP contribution >= 0.6 is 0 Å². The van der Waals surface area contributed by atoms with E-state index in [0.717, 1.165) is 25.1 Å². The molecule has 0 unspecified atom stereocenters. The van der Waals surface area contributed by atoms with Crippen LogP contribution in [-0.2, 0) is 9.47 Å². The monoisotopic (exact) mass is 240 g/mol. The maximum Gasteiger partial charge on any atom is 0.183 e. The molecule has 1 fully saturated rings. The van der Waals surface area contributed by atoms with Gasteiger partial charge in [0.05, 0.1) is 14.2 Å². The zero-order valence-corrected chi connectivity index (χ0v) is 11.1. The summed E-state index contributed by atoms with van der Waals surface area (Å²) in [6, 6.07) is 0. The molecule has 0 bridgehead atoms. The van der Waals surface area contributed by atoms with Crippen LogP contribution in [0.3, 0.4) is 0 Å². The second-order valence-electron chi connectivity index (χ2n) is 4.70. The van der Waals surface area contributed by atoms with E-state index >= 15 is 0 Å². The first kappa shape index (κ1) is 13.9. The highest BCUT2D eigenvalue weighted by Gasteiger charge is 2.24. The van der Waals surface area contributed by atoms with E-state index in [4.69, 9.17) is 14.9 Å². The molecule has 4 heteroatoms. The van der Waals surface area contributed by atoms with Crippen LogP contribution < -0.4 is 5.32 Å². The molecular weight excluding hydrogens is 216 g/mol. The maximum absolute atomic E-state index is 7.66. The standard InChI is InChI=1S/C13H24N2O2/c1-10(9-16-2)15-8-11-4-6-12(7-5-11)13(14)17-3/h9,11-12,14-15H,4-8H2,1-3H3/b10-9-,14-13?. The minimum atomic E-state index is 0.340. The third kappa shape index (κ3) is 4.67. The number of nitrogens with one attached hydrogen (secondary N) is 2. The minimum Gasteiger partial charge on any atom is -0.503 e. The Morgan fingerprint density at radius 1 is 1.29 bits per heavy atom. The number of ether oxygens (including phenoxy) is 2. The van der Waals surface area contributed by atoms with Crippen molar-refractivity contribution in [3.8, 4) is 0 Å². The van der Waals surface area contributed by atoms with E-state index in [1.807, 2.05) is 6.92 Å². The Morgan fingerprint density at radius 2 is 1.94 bits per heavy atom. The lowest BCUT2D eigenvalue weighted by molar-refractivity contribution is 0.273. The van der Waals surface area contributed by atoms with E-state index in [1.54, 1.807) is 20.5 Å². The summed E-state index contributed by atoms with van der Waals surface area (Å²) in [7, 11) is 3.25. The normalized spacial score (nSPS) is 25.2. The summed E-state index contributed by atoms with van der Waals surface area (Å²) in [5, 5.41) is 11.0. The molecule has 0 heterocycles. The van der Waals surface area contributed by atoms with Crippen molar-refractivity contribution in [2.75, 3.05) is 20.8 Å². The van der Waals surface area contributed by atoms with Crippen LogP contribution in [0.1, 0.15) is 32.6 Å². The zero-order chi connectivity index (χ0) is 12.7. The predicted molar refractivity (Wildman–Crippen MR) is 69.0 cm³/mol. The minimum absolute atomic E-state index is 0.340. The fraction of sp³-hybridized carbons (Fsp3) is 0.769. The molecule has 0 aromatic rings. The van der Waals surface area contributed by atoms with Crippen molar-refractivity contribution in [2.24, 2.45) is 11.8 Å². The molecule has 0 atom stereocenters. The number of methoxy groups -OCH3 is 2. The summed E-state index contributed by atoms with van der Waals surface area (Å²) in [5.41, 5.74) is 1.07. The molecule has 1 aliphatic carbocycles. The molecule has 0 amide bonds. The van der Waals surface area contributed by atoms with E-state index in [1.165, 1.54) is 12.8 Å². The quantitative estimate of drug-likeness (QED) is 0.441. The van der Waals surface area contributed by atoms with Gasteiger partial charge in [-0.05, 0) is 38.5 Å². The highest BCUT2D eigenvalue weighted by molar-refractivity contribution is 5.75. The third-order valence-corrected chi connectivity index (χ3v) is 3.40. The van der Waals surface area contributed by atoms with E-state index < -0.39 is 0 Å². The molecule has 0 aromatic heterocycles. The molecule has 1 saturated carbocycles. The van der Waals surface area contributed by atoms with Gasteiger partial charge in [-0.1, -0.05) is 0 Å². The number of allylic oxidation sites excluding steroid dienone is 1. The van der Waals surface area contributed by atoms with Crippen LogP contribution in [0, 0.1) is 17.2 Å². The molecule has 1 aliphatic rings. The SMILES string of the molecule is CO/C=C(/C)NCC1CCC(C(=N)OC)CC1. The molecule has 98 valence electrons. The topological polar surface area (TPSA) is 54.3 Å². The number of rotatable bonds is 5. The van der Waals surface area contributed by atoms with Crippen molar-refractivity contribution in [2.45, 2.75) is 32.6 Å². The molecule has 0 saturated heterocycles. The van der Waals surface area contributed by atoms with E-state index in [-0.39, 0.29) is 0 Å². The molecule has 2 N–H and O–H groups in total. The Kier molecular flexibility index (Phi) is 5.87. The molecule has 17 heavy (non-hydrogen) atoms. The highest BCUT2D eigenvalue weighted by atomic mass is 16.5. The molecule has 4 nitrogen and oxygen atoms in total. The lowest BCUT2D eigenvalue weighted by Gasteiger charge is -2.28. The summed E-state index contributed by atoms with van der Waals surface area (Å²) in [6.45, 7) is 3.01. The van der Waals surface area contributed by atoms with Crippen molar-refractivity contribution in [1.82, 2.24) is 5.32 Å². The first-order valence-corrected chi connectivity index (χ1v) is 6.23. The Morgan fingerprint density at radius 3 is 2.47 bits per heavy atom. The number of hydrogen-bond acceptors (Lipinski definition) is 4. The van der Waals surface area contributed by atoms with Crippen LogP contribution in [0.25, 0.3) is 0 Å². The lowest BCUT2D eigenvalue weighted by Crippen LogP contribution is -2.28. The van der Waals surface area contributed by atoms with Gasteiger partial charge in [0.1, 0.15) is 6.26 Å². The zero-order valence-electron chi connectivity index (χ0n) is 11.1. The van der Waals surface area contributed by atoms with Crippen LogP contribution in [0.4, 0.5) is 0 Å². The average Bonchev–Trinajstić information content (AvgIpc) is 2.36. The summed E-state index contributed by atoms with van der Waals surface area (Å²) in [6.07, 6.45) is 6.22. The van der Waals surface area contributed by atoms with Gasteiger partial charge < -0.3 is 14.8 Å².